The monoisotopic (exact) mass is 453 g/mol. The molecule has 2 saturated heterocycles. The van der Waals surface area contributed by atoms with Crippen molar-refractivity contribution >= 4 is 27.8 Å². The van der Waals surface area contributed by atoms with Crippen LogP contribution in [-0.4, -0.2) is 50.6 Å². The van der Waals surface area contributed by atoms with Gasteiger partial charge in [-0.1, -0.05) is 18.2 Å². The van der Waals surface area contributed by atoms with E-state index in [9.17, 15) is 4.79 Å². The SMILES string of the molecule is Cn1c(-c2cc3ccccc3n2CC2CC2)nc2cc(C(=O)N3CC[C@H]4CCN[C@H]4C3)ccc21. The topological polar surface area (TPSA) is 55.1 Å². The van der Waals surface area contributed by atoms with Gasteiger partial charge in [-0.2, -0.15) is 0 Å². The van der Waals surface area contributed by atoms with Gasteiger partial charge >= 0.3 is 0 Å². The molecule has 4 aromatic rings. The number of imidazole rings is 1. The molecule has 6 heteroatoms. The standard InChI is InChI=1S/C28H31N5O/c1-31-25-9-8-21(28(34)32-13-11-19-10-12-29-23(19)17-32)14-22(25)30-27(31)26-15-20-4-2-3-5-24(20)33(26)16-18-6-7-18/h2-5,8-9,14-15,18-19,23,29H,6-7,10-13,16-17H2,1H3/t19-,23+/m1/s1. The molecule has 0 bridgehead atoms. The van der Waals surface area contributed by atoms with Crippen LogP contribution in [0.4, 0.5) is 0 Å². The van der Waals surface area contributed by atoms with Crippen LogP contribution in [0.15, 0.2) is 48.5 Å². The molecule has 7 rings (SSSR count). The lowest BCUT2D eigenvalue weighted by atomic mass is 9.92. The van der Waals surface area contributed by atoms with Gasteiger partial charge < -0.3 is 19.4 Å². The average molecular weight is 454 g/mol. The number of hydrogen-bond donors (Lipinski definition) is 1. The number of rotatable bonds is 4. The van der Waals surface area contributed by atoms with Crippen LogP contribution in [0.25, 0.3) is 33.5 Å². The van der Waals surface area contributed by atoms with Crippen LogP contribution in [-0.2, 0) is 13.6 Å². The minimum atomic E-state index is 0.129. The summed E-state index contributed by atoms with van der Waals surface area (Å²) in [7, 11) is 2.09. The Morgan fingerprint density at radius 1 is 1.06 bits per heavy atom. The number of piperidine rings is 1. The van der Waals surface area contributed by atoms with Crippen LogP contribution < -0.4 is 5.32 Å². The molecule has 2 aromatic heterocycles. The molecule has 3 aliphatic rings. The zero-order valence-corrected chi connectivity index (χ0v) is 19.7. The Morgan fingerprint density at radius 3 is 2.82 bits per heavy atom. The third-order valence-electron chi connectivity index (χ3n) is 8.27. The van der Waals surface area contributed by atoms with Gasteiger partial charge in [-0.25, -0.2) is 4.98 Å². The van der Waals surface area contributed by atoms with Crippen molar-refractivity contribution in [3.05, 3.63) is 54.1 Å². The van der Waals surface area contributed by atoms with Gasteiger partial charge in [0.15, 0.2) is 5.82 Å². The Morgan fingerprint density at radius 2 is 1.94 bits per heavy atom. The quantitative estimate of drug-likeness (QED) is 0.497. The van der Waals surface area contributed by atoms with Crippen LogP contribution in [0.3, 0.4) is 0 Å². The van der Waals surface area contributed by atoms with Crippen LogP contribution in [0.1, 0.15) is 36.0 Å². The van der Waals surface area contributed by atoms with E-state index in [4.69, 9.17) is 4.98 Å². The summed E-state index contributed by atoms with van der Waals surface area (Å²) in [6.07, 6.45) is 4.97. The maximum Gasteiger partial charge on any atom is 0.253 e. The summed E-state index contributed by atoms with van der Waals surface area (Å²) in [5.74, 6) is 2.59. The molecule has 174 valence electrons. The third-order valence-corrected chi connectivity index (χ3v) is 8.27. The van der Waals surface area contributed by atoms with E-state index in [1.807, 2.05) is 17.0 Å². The minimum absolute atomic E-state index is 0.129. The zero-order valence-electron chi connectivity index (χ0n) is 19.7. The average Bonchev–Trinajstić information content (AvgIpc) is 3.29. The lowest BCUT2D eigenvalue weighted by molar-refractivity contribution is 0.0669. The fraction of sp³-hybridized carbons (Fsp3) is 0.429. The summed E-state index contributed by atoms with van der Waals surface area (Å²) in [5, 5.41) is 4.83. The molecule has 4 heterocycles. The van der Waals surface area contributed by atoms with Gasteiger partial charge in [0.1, 0.15) is 0 Å². The lowest BCUT2D eigenvalue weighted by Gasteiger charge is -2.35. The largest absolute Gasteiger partial charge is 0.338 e. The van der Waals surface area contributed by atoms with E-state index in [2.05, 4.69) is 57.9 Å². The van der Waals surface area contributed by atoms with E-state index < -0.39 is 0 Å². The van der Waals surface area contributed by atoms with Crippen LogP contribution in [0, 0.1) is 11.8 Å². The van der Waals surface area contributed by atoms with Crippen molar-refractivity contribution in [2.45, 2.75) is 38.3 Å². The summed E-state index contributed by atoms with van der Waals surface area (Å²) in [6.45, 7) is 3.79. The summed E-state index contributed by atoms with van der Waals surface area (Å²) in [4.78, 5) is 20.4. The van der Waals surface area contributed by atoms with Crippen molar-refractivity contribution in [3.63, 3.8) is 0 Å². The number of para-hydroxylation sites is 1. The first kappa shape index (κ1) is 20.3. The van der Waals surface area contributed by atoms with Gasteiger partial charge in [-0.3, -0.25) is 4.79 Å². The van der Waals surface area contributed by atoms with Gasteiger partial charge in [0, 0.05) is 49.2 Å². The second kappa shape index (κ2) is 7.70. The van der Waals surface area contributed by atoms with E-state index in [0.29, 0.717) is 6.04 Å². The van der Waals surface area contributed by atoms with E-state index >= 15 is 0 Å². The molecule has 34 heavy (non-hydrogen) atoms. The Bertz CT molecular complexity index is 1410. The number of hydrogen-bond acceptors (Lipinski definition) is 3. The summed E-state index contributed by atoms with van der Waals surface area (Å²) >= 11 is 0. The number of carbonyl (C=O) groups excluding carboxylic acids is 1. The minimum Gasteiger partial charge on any atom is -0.338 e. The normalized spacial score (nSPS) is 22.6. The molecule has 6 nitrogen and oxygen atoms in total. The number of fused-ring (bicyclic) bond motifs is 3. The Labute approximate surface area is 199 Å². The molecule has 0 spiro atoms. The second-order valence-corrected chi connectivity index (χ2v) is 10.5. The molecule has 3 fully saturated rings. The first-order valence-electron chi connectivity index (χ1n) is 12.7. The first-order valence-corrected chi connectivity index (χ1v) is 12.7. The first-order chi connectivity index (χ1) is 16.7. The van der Waals surface area contributed by atoms with Crippen LogP contribution >= 0.6 is 0 Å². The number of nitrogens with one attached hydrogen (secondary N) is 1. The number of amides is 1. The second-order valence-electron chi connectivity index (χ2n) is 10.5. The lowest BCUT2D eigenvalue weighted by Crippen LogP contribution is -2.48. The molecular weight excluding hydrogens is 422 g/mol. The van der Waals surface area contributed by atoms with E-state index in [-0.39, 0.29) is 5.91 Å². The number of benzene rings is 2. The zero-order chi connectivity index (χ0) is 22.8. The molecule has 1 aliphatic carbocycles. The fourth-order valence-electron chi connectivity index (χ4n) is 6.11. The molecule has 1 amide bonds. The maximum atomic E-state index is 13.4. The Kier molecular flexibility index (Phi) is 4.59. The number of aromatic nitrogens is 3. The molecule has 2 aliphatic heterocycles. The molecule has 1 N–H and O–H groups in total. The van der Waals surface area contributed by atoms with Crippen LogP contribution in [0.5, 0.6) is 0 Å². The summed E-state index contributed by atoms with van der Waals surface area (Å²) < 4.78 is 4.62. The Hall–Kier alpha value is -3.12. The van der Waals surface area contributed by atoms with Crippen molar-refractivity contribution in [1.82, 2.24) is 24.3 Å². The van der Waals surface area contributed by atoms with Crippen molar-refractivity contribution in [3.8, 4) is 11.5 Å². The molecule has 0 radical (unpaired) electrons. The number of aryl methyl sites for hydroxylation is 1. The molecule has 1 saturated carbocycles. The van der Waals surface area contributed by atoms with Crippen molar-refractivity contribution in [1.29, 1.82) is 0 Å². The molecule has 0 unspecified atom stereocenters. The summed E-state index contributed by atoms with van der Waals surface area (Å²) in [6, 6.07) is 17.4. The highest BCUT2D eigenvalue weighted by Gasteiger charge is 2.34. The highest BCUT2D eigenvalue weighted by atomic mass is 16.2. The Balaban J connectivity index is 1.25. The number of carbonyl (C=O) groups is 1. The maximum absolute atomic E-state index is 13.4. The predicted octanol–water partition coefficient (Wildman–Crippen LogP) is 4.43. The summed E-state index contributed by atoms with van der Waals surface area (Å²) in [5.41, 5.74) is 5.13. The molecule has 2 aromatic carbocycles. The van der Waals surface area contributed by atoms with Gasteiger partial charge in [0.2, 0.25) is 0 Å². The third kappa shape index (κ3) is 3.27. The number of likely N-dealkylation sites (tertiary alicyclic amines) is 1. The molecule has 2 atom stereocenters. The highest BCUT2D eigenvalue weighted by Crippen LogP contribution is 2.36. The van der Waals surface area contributed by atoms with E-state index in [0.717, 1.165) is 72.6 Å². The highest BCUT2D eigenvalue weighted by molar-refractivity contribution is 5.98. The van der Waals surface area contributed by atoms with Gasteiger partial charge in [0.25, 0.3) is 5.91 Å². The van der Waals surface area contributed by atoms with Crippen LogP contribution in [0.2, 0.25) is 0 Å². The smallest absolute Gasteiger partial charge is 0.253 e. The van der Waals surface area contributed by atoms with Crippen molar-refractivity contribution in [2.24, 2.45) is 18.9 Å². The van der Waals surface area contributed by atoms with Crippen molar-refractivity contribution in [2.75, 3.05) is 19.6 Å². The fourth-order valence-corrected chi connectivity index (χ4v) is 6.11. The van der Waals surface area contributed by atoms with Gasteiger partial charge in [-0.15, -0.1) is 0 Å². The van der Waals surface area contributed by atoms with E-state index in [1.165, 1.54) is 30.2 Å². The predicted molar refractivity (Wildman–Crippen MR) is 135 cm³/mol. The number of nitrogens with zero attached hydrogens (tertiary/aromatic N) is 4. The van der Waals surface area contributed by atoms with Gasteiger partial charge in [-0.05, 0) is 74.4 Å². The molecular formula is C28H31N5O. The van der Waals surface area contributed by atoms with E-state index in [1.54, 1.807) is 0 Å². The van der Waals surface area contributed by atoms with Crippen molar-refractivity contribution < 1.29 is 4.79 Å². The van der Waals surface area contributed by atoms with Gasteiger partial charge in [0.05, 0.1) is 16.7 Å².